The molecule has 1 N–H and O–H groups in total. The zero-order chi connectivity index (χ0) is 13.9. The molecule has 3 rings (SSSR count). The van der Waals surface area contributed by atoms with Crippen LogP contribution in [0, 0.1) is 9.49 Å². The van der Waals surface area contributed by atoms with Crippen LogP contribution in [0.5, 0.6) is 5.88 Å². The lowest BCUT2D eigenvalue weighted by molar-refractivity contribution is 0.0195. The third-order valence-electron chi connectivity index (χ3n) is 3.77. The van der Waals surface area contributed by atoms with Crippen molar-refractivity contribution in [3.63, 3.8) is 0 Å². The summed E-state index contributed by atoms with van der Waals surface area (Å²) in [6.45, 7) is 3.90. The Morgan fingerprint density at radius 2 is 2.10 bits per heavy atom. The Bertz CT molecular complexity index is 460. The highest BCUT2D eigenvalue weighted by molar-refractivity contribution is 14.1. The zero-order valence-electron chi connectivity index (χ0n) is 11.3. The number of rotatable bonds is 4. The molecule has 0 bridgehead atoms. The molecular weight excluding hydrogens is 371 g/mol. The first-order chi connectivity index (χ1) is 9.70. The first-order valence-corrected chi connectivity index (χ1v) is 8.10. The van der Waals surface area contributed by atoms with Crippen molar-refractivity contribution in [2.45, 2.75) is 18.9 Å². The maximum atomic E-state index is 9.28. The summed E-state index contributed by atoms with van der Waals surface area (Å²) in [5.41, 5.74) is 0. The third-order valence-corrected chi connectivity index (χ3v) is 4.39. The lowest BCUT2D eigenvalue weighted by atomic mass is 9.83. The number of hydrogen-bond donors (Lipinski definition) is 1. The summed E-state index contributed by atoms with van der Waals surface area (Å²) < 4.78 is 12.3. The van der Waals surface area contributed by atoms with Gasteiger partial charge in [-0.1, -0.05) is 0 Å². The maximum Gasteiger partial charge on any atom is 0.216 e. The first kappa shape index (κ1) is 14.3. The molecule has 110 valence electrons. The van der Waals surface area contributed by atoms with Gasteiger partial charge in [0.15, 0.2) is 0 Å². The molecule has 1 aliphatic carbocycles. The smallest absolute Gasteiger partial charge is 0.216 e. The van der Waals surface area contributed by atoms with Gasteiger partial charge in [-0.05, 0) is 47.4 Å². The van der Waals surface area contributed by atoms with Gasteiger partial charge in [-0.2, -0.15) is 4.98 Å². The average Bonchev–Trinajstić information content (AvgIpc) is 2.43. The number of halogens is 1. The Morgan fingerprint density at radius 3 is 2.80 bits per heavy atom. The van der Waals surface area contributed by atoms with Crippen LogP contribution in [0.2, 0.25) is 0 Å². The van der Waals surface area contributed by atoms with Gasteiger partial charge in [0.2, 0.25) is 5.88 Å². The Hall–Kier alpha value is -0.600. The molecule has 6 heteroatoms. The Morgan fingerprint density at radius 1 is 1.35 bits per heavy atom. The normalized spacial score (nSPS) is 26.2. The molecule has 1 saturated carbocycles. The maximum absolute atomic E-state index is 9.28. The lowest BCUT2D eigenvalue weighted by Gasteiger charge is -2.31. The van der Waals surface area contributed by atoms with Gasteiger partial charge >= 0.3 is 0 Å². The number of hydrogen-bond acceptors (Lipinski definition) is 5. The molecule has 0 spiro atoms. The second-order valence-corrected chi connectivity index (χ2v) is 6.63. The number of ether oxygens (including phenoxy) is 2. The number of aromatic nitrogens is 1. The molecule has 5 nitrogen and oxygen atoms in total. The van der Waals surface area contributed by atoms with Gasteiger partial charge in [0.05, 0.1) is 25.9 Å². The Kier molecular flexibility index (Phi) is 4.62. The number of pyridine rings is 1. The molecule has 2 fully saturated rings. The molecule has 0 aromatic carbocycles. The van der Waals surface area contributed by atoms with Gasteiger partial charge in [0, 0.05) is 22.7 Å². The quantitative estimate of drug-likeness (QED) is 0.793. The van der Waals surface area contributed by atoms with Gasteiger partial charge in [-0.25, -0.2) is 0 Å². The zero-order valence-corrected chi connectivity index (χ0v) is 13.5. The average molecular weight is 390 g/mol. The van der Waals surface area contributed by atoms with Gasteiger partial charge < -0.3 is 19.5 Å². The molecule has 0 atom stereocenters. The topological polar surface area (TPSA) is 54.8 Å². The van der Waals surface area contributed by atoms with Gasteiger partial charge in [0.1, 0.15) is 5.82 Å². The van der Waals surface area contributed by atoms with Crippen LogP contribution in [0.3, 0.4) is 0 Å². The fraction of sp³-hybridized carbons (Fsp3) is 0.643. The van der Waals surface area contributed by atoms with Crippen molar-refractivity contribution in [2.75, 3.05) is 37.8 Å². The molecule has 2 heterocycles. The predicted molar refractivity (Wildman–Crippen MR) is 84.2 cm³/mol. The van der Waals surface area contributed by atoms with E-state index in [0.29, 0.717) is 18.4 Å². The van der Waals surface area contributed by atoms with Crippen molar-refractivity contribution in [3.8, 4) is 5.88 Å². The lowest BCUT2D eigenvalue weighted by Crippen LogP contribution is -2.37. The Labute approximate surface area is 132 Å². The second-order valence-electron chi connectivity index (χ2n) is 5.38. The van der Waals surface area contributed by atoms with Gasteiger partial charge in [-0.3, -0.25) is 0 Å². The first-order valence-electron chi connectivity index (χ1n) is 7.02. The summed E-state index contributed by atoms with van der Waals surface area (Å²) in [5.74, 6) is 2.11. The van der Waals surface area contributed by atoms with Crippen LogP contribution in [0.1, 0.15) is 12.8 Å². The van der Waals surface area contributed by atoms with Crippen LogP contribution < -0.4 is 9.64 Å². The largest absolute Gasteiger partial charge is 0.477 e. The minimum atomic E-state index is -0.128. The van der Waals surface area contributed by atoms with Gasteiger partial charge in [-0.15, -0.1) is 0 Å². The molecule has 1 aliphatic heterocycles. The third kappa shape index (κ3) is 3.53. The summed E-state index contributed by atoms with van der Waals surface area (Å²) in [6.07, 6.45) is 1.57. The highest BCUT2D eigenvalue weighted by atomic mass is 127. The molecular formula is C14H19IN2O3. The van der Waals surface area contributed by atoms with E-state index >= 15 is 0 Å². The van der Waals surface area contributed by atoms with Crippen LogP contribution in [0.15, 0.2) is 12.1 Å². The fourth-order valence-corrected chi connectivity index (χ4v) is 3.07. The van der Waals surface area contributed by atoms with E-state index in [0.717, 1.165) is 48.5 Å². The molecule has 1 saturated heterocycles. The van der Waals surface area contributed by atoms with Crippen LogP contribution in [0.25, 0.3) is 0 Å². The highest BCUT2D eigenvalue weighted by Gasteiger charge is 2.27. The van der Waals surface area contributed by atoms with E-state index in [1.807, 2.05) is 6.07 Å². The summed E-state index contributed by atoms with van der Waals surface area (Å²) in [7, 11) is 0. The van der Waals surface area contributed by atoms with E-state index in [1.165, 1.54) is 0 Å². The van der Waals surface area contributed by atoms with Crippen LogP contribution in [0.4, 0.5) is 5.82 Å². The summed E-state index contributed by atoms with van der Waals surface area (Å²) >= 11 is 2.29. The van der Waals surface area contributed by atoms with Crippen molar-refractivity contribution >= 4 is 28.4 Å². The van der Waals surface area contributed by atoms with Crippen molar-refractivity contribution in [3.05, 3.63) is 15.7 Å². The molecule has 0 unspecified atom stereocenters. The summed E-state index contributed by atoms with van der Waals surface area (Å²) in [4.78, 5) is 6.82. The number of nitrogens with zero attached hydrogens (tertiary/aromatic N) is 2. The summed E-state index contributed by atoms with van der Waals surface area (Å²) in [6, 6.07) is 4.03. The number of aliphatic hydroxyl groups excluding tert-OH is 1. The minimum absolute atomic E-state index is 0.128. The van der Waals surface area contributed by atoms with Crippen molar-refractivity contribution < 1.29 is 14.6 Å². The summed E-state index contributed by atoms with van der Waals surface area (Å²) in [5, 5.41) is 9.28. The fourth-order valence-electron chi connectivity index (χ4n) is 2.53. The minimum Gasteiger partial charge on any atom is -0.477 e. The van der Waals surface area contributed by atoms with Crippen molar-refractivity contribution in [2.24, 2.45) is 5.92 Å². The van der Waals surface area contributed by atoms with E-state index in [9.17, 15) is 5.11 Å². The number of morpholine rings is 1. The monoisotopic (exact) mass is 390 g/mol. The predicted octanol–water partition coefficient (Wildman–Crippen LogP) is 1.67. The van der Waals surface area contributed by atoms with Crippen LogP contribution >= 0.6 is 22.6 Å². The number of anilines is 1. The van der Waals surface area contributed by atoms with Crippen LogP contribution in [-0.2, 0) is 4.74 Å². The van der Waals surface area contributed by atoms with E-state index in [2.05, 4.69) is 38.5 Å². The van der Waals surface area contributed by atoms with E-state index in [-0.39, 0.29) is 6.10 Å². The molecule has 20 heavy (non-hydrogen) atoms. The van der Waals surface area contributed by atoms with Crippen LogP contribution in [-0.4, -0.2) is 49.1 Å². The van der Waals surface area contributed by atoms with E-state index in [1.54, 1.807) is 0 Å². The standard InChI is InChI=1S/C14H19IN2O3/c15-11-7-13(17-1-3-19-4-2-17)16-14(8-11)20-9-10-5-12(18)6-10/h7-8,10,12,18H,1-6,9H2. The molecule has 0 amide bonds. The van der Waals surface area contributed by atoms with Gasteiger partial charge in [0.25, 0.3) is 0 Å². The van der Waals surface area contributed by atoms with Crippen molar-refractivity contribution in [1.82, 2.24) is 4.98 Å². The highest BCUT2D eigenvalue weighted by Crippen LogP contribution is 2.28. The second kappa shape index (κ2) is 6.44. The molecule has 2 aliphatic rings. The molecule has 1 aromatic heterocycles. The number of aliphatic hydroxyl groups is 1. The van der Waals surface area contributed by atoms with E-state index in [4.69, 9.17) is 9.47 Å². The van der Waals surface area contributed by atoms with Crippen molar-refractivity contribution in [1.29, 1.82) is 0 Å². The SMILES string of the molecule is OC1CC(COc2cc(I)cc(N3CCOCC3)n2)C1. The Balaban J connectivity index is 1.63. The molecule has 1 aromatic rings. The molecule has 0 radical (unpaired) electrons. The van der Waals surface area contributed by atoms with E-state index < -0.39 is 0 Å².